The number of hydrogen-bond donors (Lipinski definition) is 2. The summed E-state index contributed by atoms with van der Waals surface area (Å²) in [7, 11) is 0. The Hall–Kier alpha value is -0.860. The van der Waals surface area contributed by atoms with Crippen LogP contribution in [0.5, 0.6) is 0 Å². The fourth-order valence-electron chi connectivity index (χ4n) is 3.90. The maximum atomic E-state index is 10.4. The summed E-state index contributed by atoms with van der Waals surface area (Å²) >= 11 is 0. The van der Waals surface area contributed by atoms with Gasteiger partial charge in [-0.1, -0.05) is 37.3 Å². The number of aliphatic hydroxyl groups excluding tert-OH is 1. The van der Waals surface area contributed by atoms with Crippen molar-refractivity contribution in [3.05, 3.63) is 37.5 Å². The fourth-order valence-corrected chi connectivity index (χ4v) is 3.90. The van der Waals surface area contributed by atoms with E-state index in [-0.39, 0.29) is 17.6 Å². The lowest BCUT2D eigenvalue weighted by atomic mass is 9.66. The molecule has 1 spiro atoms. The zero-order valence-corrected chi connectivity index (χ0v) is 11.9. The second kappa shape index (κ2) is 6.53. The molecule has 2 rings (SSSR count). The summed E-state index contributed by atoms with van der Waals surface area (Å²) in [6.45, 7) is 7.60. The van der Waals surface area contributed by atoms with E-state index >= 15 is 0 Å². The molecule has 0 aromatic carbocycles. The molecule has 0 aromatic rings. The molecule has 4 atom stereocenters. The van der Waals surface area contributed by atoms with E-state index in [1.807, 2.05) is 12.2 Å². The van der Waals surface area contributed by atoms with Gasteiger partial charge in [0.1, 0.15) is 0 Å². The molecule has 2 aliphatic rings. The number of rotatable bonds is 4. The van der Waals surface area contributed by atoms with E-state index in [1.54, 1.807) is 6.08 Å². The number of nitrogens with one attached hydrogen (secondary N) is 1. The maximum Gasteiger partial charge on any atom is 0.0620 e. The highest BCUT2D eigenvalue weighted by Gasteiger charge is 2.45. The molecule has 4 unspecified atom stereocenters. The molecule has 2 nitrogen and oxygen atoms in total. The Balaban J connectivity index is 2.18. The van der Waals surface area contributed by atoms with Gasteiger partial charge in [0.05, 0.1) is 6.10 Å². The Bertz CT molecular complexity index is 345. The predicted octanol–water partition coefficient (Wildman–Crippen LogP) is 3.35. The van der Waals surface area contributed by atoms with Gasteiger partial charge in [0, 0.05) is 17.5 Å². The van der Waals surface area contributed by atoms with Crippen molar-refractivity contribution in [1.29, 1.82) is 0 Å². The van der Waals surface area contributed by atoms with Crippen molar-refractivity contribution < 1.29 is 5.11 Å². The molecule has 0 amide bonds. The normalized spacial score (nSPS) is 39.5. The molecule has 2 heteroatoms. The van der Waals surface area contributed by atoms with Crippen LogP contribution < -0.4 is 5.32 Å². The first-order chi connectivity index (χ1) is 9.22. The molecule has 2 fully saturated rings. The second-order valence-corrected chi connectivity index (χ2v) is 6.02. The third-order valence-corrected chi connectivity index (χ3v) is 4.75. The summed E-state index contributed by atoms with van der Waals surface area (Å²) in [6.07, 6.45) is 15.6. The van der Waals surface area contributed by atoms with Crippen LogP contribution in [0.4, 0.5) is 0 Å². The molecule has 1 saturated heterocycles. The minimum Gasteiger partial charge on any atom is -0.392 e. The van der Waals surface area contributed by atoms with Gasteiger partial charge < -0.3 is 10.4 Å². The third-order valence-electron chi connectivity index (χ3n) is 4.75. The first-order valence-electron chi connectivity index (χ1n) is 7.58. The minimum absolute atomic E-state index is 0.0864. The lowest BCUT2D eigenvalue weighted by Gasteiger charge is -2.51. The molecular weight excluding hydrogens is 234 g/mol. The van der Waals surface area contributed by atoms with E-state index in [0.717, 1.165) is 19.3 Å². The lowest BCUT2D eigenvalue weighted by molar-refractivity contribution is 0.00392. The SMILES string of the molecule is C=C/C=C\C1C(O)CCCC12CCCC(CC=C)N2. The molecule has 0 aromatic heterocycles. The predicted molar refractivity (Wildman–Crippen MR) is 81.0 cm³/mol. The number of aliphatic hydroxyl groups is 1. The quantitative estimate of drug-likeness (QED) is 0.601. The number of allylic oxidation sites excluding steroid dienone is 2. The zero-order chi connectivity index (χ0) is 13.7. The smallest absolute Gasteiger partial charge is 0.0620 e. The van der Waals surface area contributed by atoms with Crippen molar-refractivity contribution in [2.24, 2.45) is 5.92 Å². The van der Waals surface area contributed by atoms with Gasteiger partial charge in [0.15, 0.2) is 0 Å². The first kappa shape index (κ1) is 14.5. The van der Waals surface area contributed by atoms with Gasteiger partial charge in [0.2, 0.25) is 0 Å². The summed E-state index contributed by atoms with van der Waals surface area (Å²) in [6, 6.07) is 0.524. The van der Waals surface area contributed by atoms with Crippen molar-refractivity contribution in [2.75, 3.05) is 0 Å². The van der Waals surface area contributed by atoms with Gasteiger partial charge in [-0.15, -0.1) is 6.58 Å². The van der Waals surface area contributed by atoms with Crippen LogP contribution in [0.15, 0.2) is 37.5 Å². The fraction of sp³-hybridized carbons (Fsp3) is 0.647. The summed E-state index contributed by atoms with van der Waals surface area (Å²) in [4.78, 5) is 0. The van der Waals surface area contributed by atoms with E-state index in [1.165, 1.54) is 25.7 Å². The average Bonchev–Trinajstić information content (AvgIpc) is 2.39. The molecule has 0 bridgehead atoms. The van der Waals surface area contributed by atoms with Crippen LogP contribution in [0.3, 0.4) is 0 Å². The summed E-state index contributed by atoms with van der Waals surface area (Å²) < 4.78 is 0. The monoisotopic (exact) mass is 261 g/mol. The summed E-state index contributed by atoms with van der Waals surface area (Å²) in [5.74, 6) is 0.215. The lowest BCUT2D eigenvalue weighted by Crippen LogP contribution is -2.61. The van der Waals surface area contributed by atoms with Crippen LogP contribution in [0.1, 0.15) is 44.9 Å². The van der Waals surface area contributed by atoms with Crippen LogP contribution in [0.2, 0.25) is 0 Å². The zero-order valence-electron chi connectivity index (χ0n) is 11.9. The Morgan fingerprint density at radius 1 is 1.21 bits per heavy atom. The Labute approximate surface area is 117 Å². The number of piperidine rings is 1. The van der Waals surface area contributed by atoms with E-state index in [4.69, 9.17) is 0 Å². The van der Waals surface area contributed by atoms with Gasteiger partial charge in [-0.3, -0.25) is 0 Å². The second-order valence-electron chi connectivity index (χ2n) is 6.02. The van der Waals surface area contributed by atoms with Crippen molar-refractivity contribution >= 4 is 0 Å². The standard InChI is InChI=1S/C17H27NO/c1-3-5-10-15-16(19)11-7-13-17(15)12-6-9-14(18-17)8-4-2/h3-5,10,14-16,18-19H,1-2,6-9,11-13H2/b10-5-. The highest BCUT2D eigenvalue weighted by molar-refractivity contribution is 5.14. The van der Waals surface area contributed by atoms with E-state index in [2.05, 4.69) is 24.6 Å². The van der Waals surface area contributed by atoms with Gasteiger partial charge in [-0.2, -0.15) is 0 Å². The number of hydrogen-bond acceptors (Lipinski definition) is 2. The van der Waals surface area contributed by atoms with Crippen molar-refractivity contribution in [3.63, 3.8) is 0 Å². The molecule has 1 heterocycles. The highest BCUT2D eigenvalue weighted by atomic mass is 16.3. The summed E-state index contributed by atoms with van der Waals surface area (Å²) in [5.41, 5.74) is 0.0864. The molecule has 1 aliphatic heterocycles. The van der Waals surface area contributed by atoms with Gasteiger partial charge in [-0.25, -0.2) is 0 Å². The molecular formula is C17H27NO. The topological polar surface area (TPSA) is 32.3 Å². The van der Waals surface area contributed by atoms with Gasteiger partial charge in [-0.05, 0) is 38.5 Å². The third kappa shape index (κ3) is 3.18. The van der Waals surface area contributed by atoms with Gasteiger partial charge in [0.25, 0.3) is 0 Å². The minimum atomic E-state index is -0.222. The van der Waals surface area contributed by atoms with Crippen molar-refractivity contribution in [1.82, 2.24) is 5.32 Å². The average molecular weight is 261 g/mol. The van der Waals surface area contributed by atoms with E-state index in [0.29, 0.717) is 6.04 Å². The Kier molecular flexibility index (Phi) is 5.00. The summed E-state index contributed by atoms with van der Waals surface area (Å²) in [5, 5.41) is 14.2. The highest BCUT2D eigenvalue weighted by Crippen LogP contribution is 2.41. The maximum absolute atomic E-state index is 10.4. The first-order valence-corrected chi connectivity index (χ1v) is 7.58. The van der Waals surface area contributed by atoms with Crippen LogP contribution in [-0.4, -0.2) is 22.8 Å². The van der Waals surface area contributed by atoms with Crippen LogP contribution in [-0.2, 0) is 0 Å². The Morgan fingerprint density at radius 3 is 2.63 bits per heavy atom. The molecule has 106 valence electrons. The van der Waals surface area contributed by atoms with E-state index < -0.39 is 0 Å². The molecule has 2 N–H and O–H groups in total. The largest absolute Gasteiger partial charge is 0.392 e. The van der Waals surface area contributed by atoms with Crippen LogP contribution >= 0.6 is 0 Å². The van der Waals surface area contributed by atoms with Gasteiger partial charge >= 0.3 is 0 Å². The molecule has 0 radical (unpaired) electrons. The molecule has 1 saturated carbocycles. The van der Waals surface area contributed by atoms with Crippen molar-refractivity contribution in [3.8, 4) is 0 Å². The molecule has 1 aliphatic carbocycles. The van der Waals surface area contributed by atoms with Crippen LogP contribution in [0.25, 0.3) is 0 Å². The van der Waals surface area contributed by atoms with E-state index in [9.17, 15) is 5.11 Å². The molecule has 19 heavy (non-hydrogen) atoms. The van der Waals surface area contributed by atoms with Crippen LogP contribution in [0, 0.1) is 5.92 Å². The Morgan fingerprint density at radius 2 is 1.95 bits per heavy atom. The van der Waals surface area contributed by atoms with Crippen molar-refractivity contribution in [2.45, 2.75) is 62.6 Å².